The quantitative estimate of drug-likeness (QED) is 0.847. The molecule has 2 nitrogen and oxygen atoms in total. The summed E-state index contributed by atoms with van der Waals surface area (Å²) >= 11 is 0. The molecule has 0 heterocycles. The number of halogens is 1. The third-order valence-electron chi connectivity index (χ3n) is 4.15. The van der Waals surface area contributed by atoms with Gasteiger partial charge < -0.3 is 10.2 Å². The van der Waals surface area contributed by atoms with Gasteiger partial charge >= 0.3 is 0 Å². The Morgan fingerprint density at radius 2 is 2.00 bits per heavy atom. The molecule has 1 fully saturated rings. The van der Waals surface area contributed by atoms with Gasteiger partial charge in [-0.3, -0.25) is 0 Å². The Balaban J connectivity index is 1.98. The second-order valence-corrected chi connectivity index (χ2v) is 6.36. The Hall–Kier alpha value is -1.09. The fraction of sp³-hybridized carbons (Fsp3) is 0.647. The molecule has 0 atom stereocenters. The lowest BCUT2D eigenvalue weighted by Crippen LogP contribution is -2.29. The maximum Gasteiger partial charge on any atom is 0.146 e. The van der Waals surface area contributed by atoms with Crippen LogP contribution in [0, 0.1) is 11.7 Å². The smallest absolute Gasteiger partial charge is 0.146 e. The molecule has 1 aromatic carbocycles. The maximum absolute atomic E-state index is 14.3. The van der Waals surface area contributed by atoms with Crippen molar-refractivity contribution in [3.63, 3.8) is 0 Å². The van der Waals surface area contributed by atoms with Crippen molar-refractivity contribution in [3.8, 4) is 0 Å². The highest BCUT2D eigenvalue weighted by Crippen LogP contribution is 2.29. The third-order valence-corrected chi connectivity index (χ3v) is 4.15. The van der Waals surface area contributed by atoms with Crippen LogP contribution in [0.15, 0.2) is 18.2 Å². The van der Waals surface area contributed by atoms with Crippen LogP contribution in [0.5, 0.6) is 0 Å². The number of benzene rings is 1. The Bertz CT molecular complexity index is 425. The van der Waals surface area contributed by atoms with Gasteiger partial charge in [0, 0.05) is 19.6 Å². The summed E-state index contributed by atoms with van der Waals surface area (Å²) in [5, 5.41) is 3.35. The zero-order valence-electron chi connectivity index (χ0n) is 13.0. The van der Waals surface area contributed by atoms with E-state index in [-0.39, 0.29) is 5.82 Å². The maximum atomic E-state index is 14.3. The standard InChI is InChI=1S/C17H27FN2/c1-13(2)11-19-12-14-8-9-17(16(18)10-14)20(3)15-6-4-5-7-15/h8-10,13,15,19H,4-7,11-12H2,1-3H3. The normalized spacial score (nSPS) is 16.1. The van der Waals surface area contributed by atoms with E-state index < -0.39 is 0 Å². The number of hydrogen-bond acceptors (Lipinski definition) is 2. The van der Waals surface area contributed by atoms with Crippen molar-refractivity contribution in [2.75, 3.05) is 18.5 Å². The van der Waals surface area contributed by atoms with Crippen molar-refractivity contribution in [1.82, 2.24) is 5.32 Å². The fourth-order valence-corrected chi connectivity index (χ4v) is 2.94. The van der Waals surface area contributed by atoms with Gasteiger partial charge in [-0.25, -0.2) is 4.39 Å². The first-order chi connectivity index (χ1) is 9.58. The van der Waals surface area contributed by atoms with Crippen molar-refractivity contribution < 1.29 is 4.39 Å². The topological polar surface area (TPSA) is 15.3 Å². The van der Waals surface area contributed by atoms with Gasteiger partial charge in [-0.1, -0.05) is 32.8 Å². The fourth-order valence-electron chi connectivity index (χ4n) is 2.94. The van der Waals surface area contributed by atoms with E-state index in [0.29, 0.717) is 12.0 Å². The molecule has 0 amide bonds. The number of rotatable bonds is 6. The molecular formula is C17H27FN2. The third kappa shape index (κ3) is 3.95. The largest absolute Gasteiger partial charge is 0.369 e. The Kier molecular flexibility index (Phi) is 5.41. The summed E-state index contributed by atoms with van der Waals surface area (Å²) in [6.45, 7) is 6.05. The van der Waals surface area contributed by atoms with E-state index in [1.165, 1.54) is 25.7 Å². The number of anilines is 1. The van der Waals surface area contributed by atoms with E-state index >= 15 is 0 Å². The van der Waals surface area contributed by atoms with Crippen LogP contribution < -0.4 is 10.2 Å². The Labute approximate surface area is 122 Å². The molecule has 20 heavy (non-hydrogen) atoms. The van der Waals surface area contributed by atoms with Crippen LogP contribution in [0.25, 0.3) is 0 Å². The molecule has 1 N–H and O–H groups in total. The first kappa shape index (κ1) is 15.3. The number of nitrogens with zero attached hydrogens (tertiary/aromatic N) is 1. The molecule has 0 aromatic heterocycles. The summed E-state index contributed by atoms with van der Waals surface area (Å²) in [7, 11) is 2.02. The van der Waals surface area contributed by atoms with Crippen molar-refractivity contribution in [2.45, 2.75) is 52.1 Å². The van der Waals surface area contributed by atoms with Crippen LogP contribution in [0.2, 0.25) is 0 Å². The zero-order chi connectivity index (χ0) is 14.5. The molecule has 0 saturated heterocycles. The van der Waals surface area contributed by atoms with Crippen molar-refractivity contribution in [1.29, 1.82) is 0 Å². The molecule has 1 aromatic rings. The van der Waals surface area contributed by atoms with E-state index in [2.05, 4.69) is 24.1 Å². The average Bonchev–Trinajstić information content (AvgIpc) is 2.91. The van der Waals surface area contributed by atoms with Crippen LogP contribution >= 0.6 is 0 Å². The van der Waals surface area contributed by atoms with Gasteiger partial charge in [0.15, 0.2) is 0 Å². The SMILES string of the molecule is CC(C)CNCc1ccc(N(C)C2CCCC2)c(F)c1. The molecule has 2 rings (SSSR count). The van der Waals surface area contributed by atoms with Crippen LogP contribution in [0.4, 0.5) is 10.1 Å². The molecule has 1 saturated carbocycles. The molecule has 0 spiro atoms. The predicted molar refractivity (Wildman–Crippen MR) is 83.6 cm³/mol. The van der Waals surface area contributed by atoms with Crippen LogP contribution in [0.1, 0.15) is 45.1 Å². The Morgan fingerprint density at radius 3 is 2.60 bits per heavy atom. The zero-order valence-corrected chi connectivity index (χ0v) is 13.0. The number of nitrogens with one attached hydrogen (secondary N) is 1. The van der Waals surface area contributed by atoms with Gasteiger partial charge in [-0.15, -0.1) is 0 Å². The Morgan fingerprint density at radius 1 is 1.30 bits per heavy atom. The molecule has 112 valence electrons. The van der Waals surface area contributed by atoms with E-state index in [4.69, 9.17) is 0 Å². The molecule has 1 aliphatic carbocycles. The molecule has 0 aliphatic heterocycles. The average molecular weight is 278 g/mol. The summed E-state index contributed by atoms with van der Waals surface area (Å²) in [6, 6.07) is 6.15. The molecule has 1 aliphatic rings. The molecule has 3 heteroatoms. The lowest BCUT2D eigenvalue weighted by molar-refractivity contribution is 0.549. The van der Waals surface area contributed by atoms with Gasteiger partial charge in [0.2, 0.25) is 0 Å². The second-order valence-electron chi connectivity index (χ2n) is 6.36. The summed E-state index contributed by atoms with van der Waals surface area (Å²) < 4.78 is 14.3. The minimum absolute atomic E-state index is 0.0942. The van der Waals surface area contributed by atoms with Crippen LogP contribution in [0.3, 0.4) is 0 Å². The lowest BCUT2D eigenvalue weighted by atomic mass is 10.1. The minimum atomic E-state index is -0.0942. The summed E-state index contributed by atoms with van der Waals surface area (Å²) in [5.74, 6) is 0.524. The highest BCUT2D eigenvalue weighted by molar-refractivity contribution is 5.49. The van der Waals surface area contributed by atoms with Crippen molar-refractivity contribution in [3.05, 3.63) is 29.6 Å². The van der Waals surface area contributed by atoms with Gasteiger partial charge in [-0.05, 0) is 43.0 Å². The summed E-state index contributed by atoms with van der Waals surface area (Å²) in [5.41, 5.74) is 1.76. The highest BCUT2D eigenvalue weighted by atomic mass is 19.1. The first-order valence-electron chi connectivity index (χ1n) is 7.80. The monoisotopic (exact) mass is 278 g/mol. The highest BCUT2D eigenvalue weighted by Gasteiger charge is 2.21. The molecule has 0 unspecified atom stereocenters. The summed E-state index contributed by atoms with van der Waals surface area (Å²) in [6.07, 6.45) is 4.92. The predicted octanol–water partition coefficient (Wildman–Crippen LogP) is 3.95. The second kappa shape index (κ2) is 7.07. The lowest BCUT2D eigenvalue weighted by Gasteiger charge is -2.27. The van der Waals surface area contributed by atoms with E-state index in [0.717, 1.165) is 24.3 Å². The summed E-state index contributed by atoms with van der Waals surface area (Å²) in [4.78, 5) is 2.12. The van der Waals surface area contributed by atoms with Crippen LogP contribution in [-0.4, -0.2) is 19.6 Å². The first-order valence-corrected chi connectivity index (χ1v) is 7.80. The molecular weight excluding hydrogens is 251 g/mol. The van der Waals surface area contributed by atoms with Crippen molar-refractivity contribution in [2.24, 2.45) is 5.92 Å². The minimum Gasteiger partial charge on any atom is -0.369 e. The van der Waals surface area contributed by atoms with Gasteiger partial charge in [0.05, 0.1) is 5.69 Å². The van der Waals surface area contributed by atoms with Crippen LogP contribution in [-0.2, 0) is 6.54 Å². The number of hydrogen-bond donors (Lipinski definition) is 1. The van der Waals surface area contributed by atoms with E-state index in [1.807, 2.05) is 19.2 Å². The molecule has 0 radical (unpaired) electrons. The van der Waals surface area contributed by atoms with Gasteiger partial charge in [0.1, 0.15) is 5.82 Å². The van der Waals surface area contributed by atoms with Gasteiger partial charge in [-0.2, -0.15) is 0 Å². The molecule has 0 bridgehead atoms. The van der Waals surface area contributed by atoms with Gasteiger partial charge in [0.25, 0.3) is 0 Å². The van der Waals surface area contributed by atoms with Crippen molar-refractivity contribution >= 4 is 5.69 Å². The van der Waals surface area contributed by atoms with E-state index in [1.54, 1.807) is 6.07 Å². The van der Waals surface area contributed by atoms with E-state index in [9.17, 15) is 4.39 Å².